The minimum absolute atomic E-state index is 0.166. The SMILES string of the molecule is COC(=O)c1c(NC(=O)CCCOc2ccccc2)sc(C)c1-c1ccc(Br)cc1. The van der Waals surface area contributed by atoms with Crippen molar-refractivity contribution in [1.82, 2.24) is 0 Å². The Balaban J connectivity index is 1.70. The van der Waals surface area contributed by atoms with Crippen LogP contribution in [0.3, 0.4) is 0 Å². The van der Waals surface area contributed by atoms with E-state index in [-0.39, 0.29) is 12.3 Å². The molecule has 0 bridgehead atoms. The first-order valence-electron chi connectivity index (χ1n) is 9.45. The van der Waals surface area contributed by atoms with Crippen LogP contribution in [0.25, 0.3) is 11.1 Å². The number of hydrogen-bond donors (Lipinski definition) is 1. The zero-order valence-electron chi connectivity index (χ0n) is 16.7. The Hall–Kier alpha value is -2.64. The Morgan fingerprint density at radius 3 is 2.43 bits per heavy atom. The van der Waals surface area contributed by atoms with E-state index in [4.69, 9.17) is 9.47 Å². The highest BCUT2D eigenvalue weighted by molar-refractivity contribution is 9.10. The lowest BCUT2D eigenvalue weighted by atomic mass is 10.0. The predicted octanol–water partition coefficient (Wildman–Crippen LogP) is 6.07. The minimum Gasteiger partial charge on any atom is -0.494 e. The van der Waals surface area contributed by atoms with E-state index < -0.39 is 5.97 Å². The van der Waals surface area contributed by atoms with Gasteiger partial charge in [0.05, 0.1) is 13.7 Å². The van der Waals surface area contributed by atoms with E-state index in [1.807, 2.05) is 61.5 Å². The number of nitrogens with one attached hydrogen (secondary N) is 1. The number of benzene rings is 2. The van der Waals surface area contributed by atoms with Crippen molar-refractivity contribution in [2.24, 2.45) is 0 Å². The second-order valence-corrected chi connectivity index (χ2v) is 8.69. The van der Waals surface area contributed by atoms with Gasteiger partial charge in [-0.25, -0.2) is 4.79 Å². The normalized spacial score (nSPS) is 10.5. The first-order valence-corrected chi connectivity index (χ1v) is 11.1. The highest BCUT2D eigenvalue weighted by Crippen LogP contribution is 2.40. The molecule has 30 heavy (non-hydrogen) atoms. The molecule has 0 unspecified atom stereocenters. The molecule has 0 fully saturated rings. The van der Waals surface area contributed by atoms with E-state index in [2.05, 4.69) is 21.2 Å². The lowest BCUT2D eigenvalue weighted by molar-refractivity contribution is -0.116. The van der Waals surface area contributed by atoms with Gasteiger partial charge in [0.25, 0.3) is 0 Å². The minimum atomic E-state index is -0.472. The van der Waals surface area contributed by atoms with Crippen molar-refractivity contribution in [2.45, 2.75) is 19.8 Å². The molecule has 3 aromatic rings. The molecule has 0 aliphatic rings. The molecule has 1 N–H and O–H groups in total. The van der Waals surface area contributed by atoms with Gasteiger partial charge in [-0.1, -0.05) is 46.3 Å². The number of halogens is 1. The van der Waals surface area contributed by atoms with Gasteiger partial charge >= 0.3 is 5.97 Å². The average Bonchev–Trinajstić information content (AvgIpc) is 3.07. The third-order valence-electron chi connectivity index (χ3n) is 4.42. The second-order valence-electron chi connectivity index (χ2n) is 6.55. The van der Waals surface area contributed by atoms with Crippen molar-refractivity contribution in [3.8, 4) is 16.9 Å². The molecule has 0 saturated heterocycles. The van der Waals surface area contributed by atoms with E-state index in [0.717, 1.165) is 26.2 Å². The highest BCUT2D eigenvalue weighted by atomic mass is 79.9. The van der Waals surface area contributed by atoms with Gasteiger partial charge in [0.15, 0.2) is 0 Å². The number of rotatable bonds is 8. The van der Waals surface area contributed by atoms with Gasteiger partial charge in [0.2, 0.25) is 5.91 Å². The number of amides is 1. The first kappa shape index (κ1) is 22.1. The fourth-order valence-electron chi connectivity index (χ4n) is 3.02. The molecule has 0 radical (unpaired) electrons. The Kier molecular flexibility index (Phi) is 7.65. The summed E-state index contributed by atoms with van der Waals surface area (Å²) in [5.41, 5.74) is 2.06. The van der Waals surface area contributed by atoms with Crippen LogP contribution in [0, 0.1) is 6.92 Å². The summed E-state index contributed by atoms with van der Waals surface area (Å²) in [5, 5.41) is 3.39. The molecule has 0 aliphatic heterocycles. The van der Waals surface area contributed by atoms with Crippen molar-refractivity contribution >= 4 is 44.1 Å². The average molecular weight is 488 g/mol. The van der Waals surface area contributed by atoms with E-state index in [9.17, 15) is 9.59 Å². The third-order valence-corrected chi connectivity index (χ3v) is 5.97. The fraction of sp³-hybridized carbons (Fsp3) is 0.217. The Morgan fingerprint density at radius 2 is 1.77 bits per heavy atom. The molecule has 0 saturated carbocycles. The maximum absolute atomic E-state index is 12.5. The zero-order valence-corrected chi connectivity index (χ0v) is 19.1. The van der Waals surface area contributed by atoms with Crippen molar-refractivity contribution < 1.29 is 19.1 Å². The van der Waals surface area contributed by atoms with Crippen molar-refractivity contribution in [1.29, 1.82) is 0 Å². The van der Waals surface area contributed by atoms with Crippen LogP contribution >= 0.6 is 27.3 Å². The smallest absolute Gasteiger partial charge is 0.341 e. The maximum atomic E-state index is 12.5. The molecular formula is C23H22BrNO4S. The summed E-state index contributed by atoms with van der Waals surface area (Å²) in [6.45, 7) is 2.37. The topological polar surface area (TPSA) is 64.6 Å². The van der Waals surface area contributed by atoms with Crippen molar-refractivity contribution in [3.63, 3.8) is 0 Å². The summed E-state index contributed by atoms with van der Waals surface area (Å²) in [6.07, 6.45) is 0.857. The van der Waals surface area contributed by atoms with Gasteiger partial charge in [0.1, 0.15) is 16.3 Å². The summed E-state index contributed by atoms with van der Waals surface area (Å²) in [5.74, 6) is 0.138. The molecule has 0 aliphatic carbocycles. The number of carbonyl (C=O) groups excluding carboxylic acids is 2. The molecule has 0 atom stereocenters. The predicted molar refractivity (Wildman–Crippen MR) is 123 cm³/mol. The van der Waals surface area contributed by atoms with Crippen LogP contribution in [0.4, 0.5) is 5.00 Å². The molecule has 1 amide bonds. The molecule has 3 rings (SSSR count). The lowest BCUT2D eigenvalue weighted by Crippen LogP contribution is -2.14. The number of hydrogen-bond acceptors (Lipinski definition) is 5. The van der Waals surface area contributed by atoms with Gasteiger partial charge < -0.3 is 14.8 Å². The summed E-state index contributed by atoms with van der Waals surface area (Å²) in [4.78, 5) is 25.9. The fourth-order valence-corrected chi connectivity index (χ4v) is 4.37. The quantitative estimate of drug-likeness (QED) is 0.309. The summed E-state index contributed by atoms with van der Waals surface area (Å²) in [6, 6.07) is 17.2. The summed E-state index contributed by atoms with van der Waals surface area (Å²) in [7, 11) is 1.34. The monoisotopic (exact) mass is 487 g/mol. The van der Waals surface area contributed by atoms with E-state index >= 15 is 0 Å². The maximum Gasteiger partial charge on any atom is 0.341 e. The van der Waals surface area contributed by atoms with Crippen LogP contribution in [0.1, 0.15) is 28.1 Å². The number of methoxy groups -OCH3 is 1. The van der Waals surface area contributed by atoms with Crippen LogP contribution < -0.4 is 10.1 Å². The number of para-hydroxylation sites is 1. The second kappa shape index (κ2) is 10.4. The van der Waals surface area contributed by atoms with Gasteiger partial charge in [-0.2, -0.15) is 0 Å². The zero-order chi connectivity index (χ0) is 21.5. The number of carbonyl (C=O) groups is 2. The van der Waals surface area contributed by atoms with E-state index in [1.165, 1.54) is 18.4 Å². The van der Waals surface area contributed by atoms with Crippen LogP contribution in [0.5, 0.6) is 5.75 Å². The lowest BCUT2D eigenvalue weighted by Gasteiger charge is -2.09. The van der Waals surface area contributed by atoms with Crippen LogP contribution in [0.15, 0.2) is 59.1 Å². The van der Waals surface area contributed by atoms with Crippen LogP contribution in [-0.4, -0.2) is 25.6 Å². The van der Waals surface area contributed by atoms with Gasteiger partial charge in [-0.05, 0) is 43.2 Å². The Morgan fingerprint density at radius 1 is 1.07 bits per heavy atom. The van der Waals surface area contributed by atoms with Gasteiger partial charge in [-0.15, -0.1) is 11.3 Å². The number of aryl methyl sites for hydroxylation is 1. The highest BCUT2D eigenvalue weighted by Gasteiger charge is 2.25. The summed E-state index contributed by atoms with van der Waals surface area (Å²) < 4.78 is 11.6. The van der Waals surface area contributed by atoms with E-state index in [0.29, 0.717) is 23.6 Å². The molecule has 2 aromatic carbocycles. The van der Waals surface area contributed by atoms with E-state index in [1.54, 1.807) is 0 Å². The molecule has 1 heterocycles. The third kappa shape index (κ3) is 5.49. The van der Waals surface area contributed by atoms with Gasteiger partial charge in [-0.3, -0.25) is 4.79 Å². The van der Waals surface area contributed by atoms with Gasteiger partial charge in [0, 0.05) is 21.3 Å². The number of anilines is 1. The molecular weight excluding hydrogens is 466 g/mol. The summed E-state index contributed by atoms with van der Waals surface area (Å²) >= 11 is 4.80. The van der Waals surface area contributed by atoms with Crippen LogP contribution in [0.2, 0.25) is 0 Å². The number of esters is 1. The first-order chi connectivity index (χ1) is 14.5. The van der Waals surface area contributed by atoms with Crippen molar-refractivity contribution in [3.05, 3.63) is 69.5 Å². The molecule has 0 spiro atoms. The Labute approximate surface area is 188 Å². The molecule has 5 nitrogen and oxygen atoms in total. The Bertz CT molecular complexity index is 1020. The molecule has 156 valence electrons. The number of thiophene rings is 1. The van der Waals surface area contributed by atoms with Crippen LogP contribution in [-0.2, 0) is 9.53 Å². The standard InChI is InChI=1S/C23H22BrNO4S/c1-15-20(16-10-12-17(24)13-11-16)21(23(27)28-2)22(30-15)25-19(26)9-6-14-29-18-7-4-3-5-8-18/h3-5,7-8,10-13H,6,9,14H2,1-2H3,(H,25,26). The van der Waals surface area contributed by atoms with Crippen molar-refractivity contribution in [2.75, 3.05) is 19.0 Å². The number of ether oxygens (including phenoxy) is 2. The molecule has 1 aromatic heterocycles. The molecule has 7 heteroatoms. The largest absolute Gasteiger partial charge is 0.494 e.